The van der Waals surface area contributed by atoms with E-state index in [1.807, 2.05) is 11.4 Å². The molecule has 0 aliphatic carbocycles. The Morgan fingerprint density at radius 3 is 2.53 bits per heavy atom. The van der Waals surface area contributed by atoms with Crippen molar-refractivity contribution in [2.45, 2.75) is 11.4 Å². The van der Waals surface area contributed by atoms with Gasteiger partial charge in [-0.2, -0.15) is 0 Å². The van der Waals surface area contributed by atoms with Crippen molar-refractivity contribution in [3.63, 3.8) is 0 Å². The summed E-state index contributed by atoms with van der Waals surface area (Å²) in [5, 5.41) is 1.86. The molecule has 102 valence electrons. The second-order valence-corrected chi connectivity index (χ2v) is 8.04. The lowest BCUT2D eigenvalue weighted by molar-refractivity contribution is 0.580. The van der Waals surface area contributed by atoms with Crippen molar-refractivity contribution in [3.8, 4) is 0 Å². The predicted octanol–water partition coefficient (Wildman–Crippen LogP) is 3.89. The zero-order chi connectivity index (χ0) is 14.0. The van der Waals surface area contributed by atoms with Gasteiger partial charge in [0.2, 0.25) is 10.0 Å². The molecule has 2 rings (SSSR count). The molecule has 0 unspecified atom stereocenters. The van der Waals surface area contributed by atoms with Crippen molar-refractivity contribution in [2.75, 3.05) is 0 Å². The minimum Gasteiger partial charge on any atom is -0.207 e. The van der Waals surface area contributed by atoms with Gasteiger partial charge in [0, 0.05) is 20.4 Å². The minimum atomic E-state index is -3.68. The number of sulfonamides is 1. The third-order valence-corrected chi connectivity index (χ3v) is 6.60. The fourth-order valence-electron chi connectivity index (χ4n) is 1.38. The molecular formula is C11H8Br2FNO2S2. The number of hydrogen-bond acceptors (Lipinski definition) is 3. The number of nitrogens with one attached hydrogen (secondary N) is 1. The van der Waals surface area contributed by atoms with Crippen LogP contribution in [-0.2, 0) is 16.6 Å². The van der Waals surface area contributed by atoms with E-state index in [2.05, 4.69) is 36.6 Å². The summed E-state index contributed by atoms with van der Waals surface area (Å²) < 4.78 is 40.7. The normalized spacial score (nSPS) is 11.7. The highest BCUT2D eigenvalue weighted by atomic mass is 79.9. The summed E-state index contributed by atoms with van der Waals surface area (Å²) in [6.07, 6.45) is 0. The van der Waals surface area contributed by atoms with Crippen molar-refractivity contribution in [2.24, 2.45) is 0 Å². The molecule has 0 spiro atoms. The van der Waals surface area contributed by atoms with Gasteiger partial charge in [-0.25, -0.2) is 17.5 Å². The third kappa shape index (κ3) is 3.63. The van der Waals surface area contributed by atoms with Crippen LogP contribution in [0, 0.1) is 5.82 Å². The topological polar surface area (TPSA) is 46.2 Å². The second kappa shape index (κ2) is 6.01. The molecule has 3 nitrogen and oxygen atoms in total. The Labute approximate surface area is 131 Å². The fraction of sp³-hybridized carbons (Fsp3) is 0.0909. The van der Waals surface area contributed by atoms with E-state index < -0.39 is 15.8 Å². The number of hydrogen-bond donors (Lipinski definition) is 1. The number of halogens is 3. The Balaban J connectivity index is 2.21. The zero-order valence-corrected chi connectivity index (χ0v) is 14.2. The molecule has 0 radical (unpaired) electrons. The van der Waals surface area contributed by atoms with Crippen LogP contribution in [0.25, 0.3) is 0 Å². The lowest BCUT2D eigenvalue weighted by Crippen LogP contribution is -2.23. The molecule has 0 aliphatic rings. The van der Waals surface area contributed by atoms with Crippen LogP contribution >= 0.6 is 43.2 Å². The first-order valence-corrected chi connectivity index (χ1v) is 9.01. The highest BCUT2D eigenvalue weighted by molar-refractivity contribution is 9.10. The smallest absolute Gasteiger partial charge is 0.207 e. The Morgan fingerprint density at radius 1 is 1.21 bits per heavy atom. The molecule has 1 heterocycles. The van der Waals surface area contributed by atoms with E-state index in [1.165, 1.54) is 17.4 Å². The van der Waals surface area contributed by atoms with Gasteiger partial charge in [0.05, 0.1) is 4.90 Å². The average molecular weight is 429 g/mol. The molecular weight excluding hydrogens is 421 g/mol. The quantitative estimate of drug-likeness (QED) is 0.802. The summed E-state index contributed by atoms with van der Waals surface area (Å²) in [6.45, 7) is 0.185. The van der Waals surface area contributed by atoms with Gasteiger partial charge in [0.1, 0.15) is 5.82 Å². The van der Waals surface area contributed by atoms with Gasteiger partial charge in [0.25, 0.3) is 0 Å². The largest absolute Gasteiger partial charge is 0.242 e. The molecule has 0 atom stereocenters. The first kappa shape index (κ1) is 15.1. The van der Waals surface area contributed by atoms with Gasteiger partial charge < -0.3 is 0 Å². The van der Waals surface area contributed by atoms with Crippen LogP contribution in [0.5, 0.6) is 0 Å². The van der Waals surface area contributed by atoms with E-state index in [1.54, 1.807) is 0 Å². The first-order valence-electron chi connectivity index (χ1n) is 5.07. The standard InChI is InChI=1S/C11H8Br2FNO2S2/c12-8-3-4-18-10(8)6-15-19(16,17)11-2-1-7(14)5-9(11)13/h1-5,15H,6H2. The number of rotatable bonds is 4. The molecule has 0 aliphatic heterocycles. The van der Waals surface area contributed by atoms with E-state index >= 15 is 0 Å². The molecule has 1 aromatic heterocycles. The predicted molar refractivity (Wildman–Crippen MR) is 80.1 cm³/mol. The molecule has 0 saturated heterocycles. The summed E-state index contributed by atoms with van der Waals surface area (Å²) in [7, 11) is -3.68. The maximum Gasteiger partial charge on any atom is 0.242 e. The van der Waals surface area contributed by atoms with Gasteiger partial charge in [-0.3, -0.25) is 0 Å². The molecule has 1 N–H and O–H groups in total. The van der Waals surface area contributed by atoms with E-state index in [-0.39, 0.29) is 15.9 Å². The van der Waals surface area contributed by atoms with Crippen molar-refractivity contribution in [3.05, 3.63) is 49.3 Å². The van der Waals surface area contributed by atoms with Gasteiger partial charge in [0.15, 0.2) is 0 Å². The SMILES string of the molecule is O=S(=O)(NCc1sccc1Br)c1ccc(F)cc1Br. The fourth-order valence-corrected chi connectivity index (χ4v) is 4.95. The van der Waals surface area contributed by atoms with Crippen LogP contribution in [0.1, 0.15) is 4.88 Å². The zero-order valence-electron chi connectivity index (χ0n) is 9.36. The maximum atomic E-state index is 12.9. The molecule has 2 aromatic rings. The van der Waals surface area contributed by atoms with Crippen molar-refractivity contribution in [1.82, 2.24) is 4.72 Å². The molecule has 0 amide bonds. The first-order chi connectivity index (χ1) is 8.90. The summed E-state index contributed by atoms with van der Waals surface area (Å²) in [4.78, 5) is 0.892. The summed E-state index contributed by atoms with van der Waals surface area (Å²) in [5.74, 6) is -0.494. The Kier molecular flexibility index (Phi) is 4.78. The van der Waals surface area contributed by atoms with Gasteiger partial charge >= 0.3 is 0 Å². The summed E-state index contributed by atoms with van der Waals surface area (Å²) in [6, 6.07) is 5.31. The van der Waals surface area contributed by atoms with Gasteiger partial charge in [-0.1, -0.05) is 0 Å². The van der Waals surface area contributed by atoms with Crippen LogP contribution < -0.4 is 4.72 Å². The van der Waals surface area contributed by atoms with Crippen molar-refractivity contribution < 1.29 is 12.8 Å². The number of thiophene rings is 1. The van der Waals surface area contributed by atoms with Crippen LogP contribution in [0.3, 0.4) is 0 Å². The van der Waals surface area contributed by atoms with Crippen LogP contribution in [-0.4, -0.2) is 8.42 Å². The Hall–Kier alpha value is -0.280. The van der Waals surface area contributed by atoms with E-state index in [4.69, 9.17) is 0 Å². The van der Waals surface area contributed by atoms with Crippen LogP contribution in [0.15, 0.2) is 43.5 Å². The Morgan fingerprint density at radius 2 is 1.95 bits per heavy atom. The van der Waals surface area contributed by atoms with Gasteiger partial charge in [-0.15, -0.1) is 11.3 Å². The number of benzene rings is 1. The van der Waals surface area contributed by atoms with Gasteiger partial charge in [-0.05, 0) is 61.5 Å². The Bertz CT molecular complexity index is 700. The average Bonchev–Trinajstić information content (AvgIpc) is 2.72. The highest BCUT2D eigenvalue weighted by Crippen LogP contribution is 2.25. The minimum absolute atomic E-state index is 0.0154. The highest BCUT2D eigenvalue weighted by Gasteiger charge is 2.18. The lowest BCUT2D eigenvalue weighted by Gasteiger charge is -2.08. The van der Waals surface area contributed by atoms with Crippen molar-refractivity contribution in [1.29, 1.82) is 0 Å². The molecule has 1 aromatic carbocycles. The molecule has 0 fully saturated rings. The lowest BCUT2D eigenvalue weighted by atomic mass is 10.3. The second-order valence-electron chi connectivity index (χ2n) is 3.59. The monoisotopic (exact) mass is 427 g/mol. The molecule has 0 saturated carbocycles. The van der Waals surface area contributed by atoms with E-state index in [0.717, 1.165) is 21.5 Å². The van der Waals surface area contributed by atoms with Crippen molar-refractivity contribution >= 4 is 53.2 Å². The molecule has 0 bridgehead atoms. The van der Waals surface area contributed by atoms with E-state index in [0.29, 0.717) is 0 Å². The maximum absolute atomic E-state index is 12.9. The molecule has 19 heavy (non-hydrogen) atoms. The van der Waals surface area contributed by atoms with Crippen LogP contribution in [0.2, 0.25) is 0 Å². The molecule has 8 heteroatoms. The van der Waals surface area contributed by atoms with E-state index in [9.17, 15) is 12.8 Å². The third-order valence-electron chi connectivity index (χ3n) is 2.30. The summed E-state index contributed by atoms with van der Waals surface area (Å²) >= 11 is 7.83. The summed E-state index contributed by atoms with van der Waals surface area (Å²) in [5.41, 5.74) is 0. The van der Waals surface area contributed by atoms with Crippen LogP contribution in [0.4, 0.5) is 4.39 Å².